The van der Waals surface area contributed by atoms with Gasteiger partial charge in [-0.1, -0.05) is 6.07 Å². The summed E-state index contributed by atoms with van der Waals surface area (Å²) in [4.78, 5) is 0. The highest BCUT2D eigenvalue weighted by atomic mass is 35.7. The molecule has 0 fully saturated rings. The molecule has 1 aliphatic carbocycles. The quantitative estimate of drug-likeness (QED) is 0.792. The van der Waals surface area contributed by atoms with Crippen LogP contribution in [0.15, 0.2) is 12.1 Å². The van der Waals surface area contributed by atoms with Gasteiger partial charge in [-0.15, -0.1) is 0 Å². The van der Waals surface area contributed by atoms with Crippen molar-refractivity contribution in [1.29, 1.82) is 0 Å². The van der Waals surface area contributed by atoms with E-state index in [2.05, 4.69) is 6.07 Å². The molecule has 0 amide bonds. The Morgan fingerprint density at radius 3 is 2.76 bits per heavy atom. The fourth-order valence-electron chi connectivity index (χ4n) is 2.41. The number of benzene rings is 1. The first-order valence-corrected chi connectivity index (χ1v) is 8.09. The number of hydrogen-bond donors (Lipinski definition) is 0. The van der Waals surface area contributed by atoms with Crippen LogP contribution in [0.5, 0.6) is 5.75 Å². The molecule has 0 aromatic heterocycles. The molecule has 0 atom stereocenters. The summed E-state index contributed by atoms with van der Waals surface area (Å²) in [6.07, 6.45) is 3.63. The SMILES string of the molecule is COc1ccc2c(c1CCS(=O)(=O)Cl)CCC2. The fraction of sp³-hybridized carbons (Fsp3) is 0.500. The zero-order valence-electron chi connectivity index (χ0n) is 9.70. The van der Waals surface area contributed by atoms with Gasteiger partial charge in [0.05, 0.1) is 12.9 Å². The van der Waals surface area contributed by atoms with Crippen LogP contribution in [0.1, 0.15) is 23.1 Å². The third-order valence-corrected chi connectivity index (χ3v) is 4.33. The number of ether oxygens (including phenoxy) is 1. The molecule has 5 heteroatoms. The van der Waals surface area contributed by atoms with E-state index >= 15 is 0 Å². The van der Waals surface area contributed by atoms with Crippen molar-refractivity contribution < 1.29 is 13.2 Å². The highest BCUT2D eigenvalue weighted by Gasteiger charge is 2.19. The summed E-state index contributed by atoms with van der Waals surface area (Å²) < 4.78 is 27.4. The monoisotopic (exact) mass is 274 g/mol. The summed E-state index contributed by atoms with van der Waals surface area (Å²) in [7, 11) is 3.42. The van der Waals surface area contributed by atoms with Gasteiger partial charge in [-0.05, 0) is 48.4 Å². The molecule has 94 valence electrons. The first-order chi connectivity index (χ1) is 8.01. The summed E-state index contributed by atoms with van der Waals surface area (Å²) in [5.41, 5.74) is 3.57. The summed E-state index contributed by atoms with van der Waals surface area (Å²) in [6, 6.07) is 3.99. The average Bonchev–Trinajstić information content (AvgIpc) is 2.72. The minimum atomic E-state index is -3.45. The summed E-state index contributed by atoms with van der Waals surface area (Å²) in [5, 5.41) is 0. The normalized spacial score (nSPS) is 14.7. The second-order valence-corrected chi connectivity index (χ2v) is 7.13. The Morgan fingerprint density at radius 2 is 2.12 bits per heavy atom. The second kappa shape index (κ2) is 4.86. The first kappa shape index (κ1) is 12.7. The van der Waals surface area contributed by atoms with Crippen LogP contribution in [0.3, 0.4) is 0 Å². The topological polar surface area (TPSA) is 43.4 Å². The highest BCUT2D eigenvalue weighted by Crippen LogP contribution is 2.32. The van der Waals surface area contributed by atoms with E-state index in [4.69, 9.17) is 15.4 Å². The summed E-state index contributed by atoms with van der Waals surface area (Å²) in [6.45, 7) is 0. The zero-order chi connectivity index (χ0) is 12.5. The Hall–Kier alpha value is -0.740. The van der Waals surface area contributed by atoms with Crippen molar-refractivity contribution in [3.05, 3.63) is 28.8 Å². The van der Waals surface area contributed by atoms with E-state index in [1.165, 1.54) is 11.1 Å². The van der Waals surface area contributed by atoms with Gasteiger partial charge in [-0.2, -0.15) is 0 Å². The van der Waals surface area contributed by atoms with Crippen molar-refractivity contribution in [3.8, 4) is 5.75 Å². The molecule has 0 saturated heterocycles. The van der Waals surface area contributed by atoms with Crippen LogP contribution in [0, 0.1) is 0 Å². The van der Waals surface area contributed by atoms with Gasteiger partial charge in [0.15, 0.2) is 0 Å². The van der Waals surface area contributed by atoms with Crippen molar-refractivity contribution in [1.82, 2.24) is 0 Å². The number of aryl methyl sites for hydroxylation is 1. The van der Waals surface area contributed by atoms with Crippen LogP contribution in [0.2, 0.25) is 0 Å². The molecule has 0 unspecified atom stereocenters. The molecule has 17 heavy (non-hydrogen) atoms. The van der Waals surface area contributed by atoms with E-state index in [1.807, 2.05) is 6.07 Å². The number of rotatable bonds is 4. The smallest absolute Gasteiger partial charge is 0.232 e. The highest BCUT2D eigenvalue weighted by molar-refractivity contribution is 8.13. The first-order valence-electron chi connectivity index (χ1n) is 5.61. The van der Waals surface area contributed by atoms with Gasteiger partial charge >= 0.3 is 0 Å². The van der Waals surface area contributed by atoms with Crippen LogP contribution < -0.4 is 4.74 Å². The van der Waals surface area contributed by atoms with Crippen LogP contribution in [-0.4, -0.2) is 21.3 Å². The molecular weight excluding hydrogens is 260 g/mol. The minimum absolute atomic E-state index is 0.0403. The molecule has 0 heterocycles. The Morgan fingerprint density at radius 1 is 1.35 bits per heavy atom. The molecule has 1 aromatic carbocycles. The van der Waals surface area contributed by atoms with E-state index < -0.39 is 9.05 Å². The minimum Gasteiger partial charge on any atom is -0.496 e. The molecule has 0 spiro atoms. The second-order valence-electron chi connectivity index (χ2n) is 4.23. The van der Waals surface area contributed by atoms with Gasteiger partial charge in [0.1, 0.15) is 5.75 Å². The third kappa shape index (κ3) is 2.93. The summed E-state index contributed by atoms with van der Waals surface area (Å²) >= 11 is 0. The van der Waals surface area contributed by atoms with Crippen molar-refractivity contribution in [2.75, 3.05) is 12.9 Å². The van der Waals surface area contributed by atoms with Crippen LogP contribution in [-0.2, 0) is 28.3 Å². The molecule has 0 aliphatic heterocycles. The predicted molar refractivity (Wildman–Crippen MR) is 68.4 cm³/mol. The molecular formula is C12H15ClO3S. The average molecular weight is 275 g/mol. The number of methoxy groups -OCH3 is 1. The zero-order valence-corrected chi connectivity index (χ0v) is 11.3. The predicted octanol–water partition coefficient (Wildman–Crippen LogP) is 2.29. The Balaban J connectivity index is 2.33. The molecule has 1 aliphatic rings. The molecule has 2 rings (SSSR count). The molecule has 0 radical (unpaired) electrons. The van der Waals surface area contributed by atoms with E-state index in [9.17, 15) is 8.42 Å². The number of halogens is 1. The van der Waals surface area contributed by atoms with E-state index in [-0.39, 0.29) is 5.75 Å². The summed E-state index contributed by atoms with van der Waals surface area (Å²) in [5.74, 6) is 0.729. The van der Waals surface area contributed by atoms with E-state index in [0.29, 0.717) is 6.42 Å². The van der Waals surface area contributed by atoms with Crippen molar-refractivity contribution in [2.24, 2.45) is 0 Å². The van der Waals surface area contributed by atoms with Crippen molar-refractivity contribution >= 4 is 19.7 Å². The fourth-order valence-corrected chi connectivity index (χ4v) is 3.09. The van der Waals surface area contributed by atoms with Gasteiger partial charge in [-0.25, -0.2) is 8.42 Å². The molecule has 3 nitrogen and oxygen atoms in total. The van der Waals surface area contributed by atoms with E-state index in [1.54, 1.807) is 7.11 Å². The lowest BCUT2D eigenvalue weighted by Crippen LogP contribution is -2.05. The van der Waals surface area contributed by atoms with Gasteiger partial charge in [0.2, 0.25) is 9.05 Å². The standard InChI is InChI=1S/C12H15ClO3S/c1-16-12-6-5-9-3-2-4-10(9)11(12)7-8-17(13,14)15/h5-6H,2-4,7-8H2,1H3. The van der Waals surface area contributed by atoms with Gasteiger partial charge in [0, 0.05) is 10.7 Å². The maximum absolute atomic E-state index is 11.0. The van der Waals surface area contributed by atoms with Gasteiger partial charge in [0.25, 0.3) is 0 Å². The van der Waals surface area contributed by atoms with Crippen LogP contribution >= 0.6 is 10.7 Å². The lowest BCUT2D eigenvalue weighted by molar-refractivity contribution is 0.409. The third-order valence-electron chi connectivity index (χ3n) is 3.17. The molecule has 0 N–H and O–H groups in total. The Kier molecular flexibility index (Phi) is 3.64. The molecule has 0 bridgehead atoms. The van der Waals surface area contributed by atoms with Crippen LogP contribution in [0.4, 0.5) is 0 Å². The largest absolute Gasteiger partial charge is 0.496 e. The number of fused-ring (bicyclic) bond motifs is 1. The lowest BCUT2D eigenvalue weighted by atomic mass is 10.0. The van der Waals surface area contributed by atoms with Crippen molar-refractivity contribution in [2.45, 2.75) is 25.7 Å². The molecule has 1 aromatic rings. The maximum Gasteiger partial charge on any atom is 0.232 e. The van der Waals surface area contributed by atoms with Crippen LogP contribution in [0.25, 0.3) is 0 Å². The maximum atomic E-state index is 11.0. The Bertz CT molecular complexity index is 523. The van der Waals surface area contributed by atoms with E-state index in [0.717, 1.165) is 30.6 Å². The van der Waals surface area contributed by atoms with Crippen molar-refractivity contribution in [3.63, 3.8) is 0 Å². The lowest BCUT2D eigenvalue weighted by Gasteiger charge is -2.12. The Labute approximate surface area is 106 Å². The number of hydrogen-bond acceptors (Lipinski definition) is 3. The van der Waals surface area contributed by atoms with Gasteiger partial charge in [-0.3, -0.25) is 0 Å². The molecule has 0 saturated carbocycles. The van der Waals surface area contributed by atoms with Gasteiger partial charge < -0.3 is 4.74 Å².